The van der Waals surface area contributed by atoms with E-state index in [4.69, 9.17) is 16.6 Å². The topological polar surface area (TPSA) is 86.8 Å². The number of nitrogens with zero attached hydrogens (tertiary/aromatic N) is 4. The van der Waals surface area contributed by atoms with Gasteiger partial charge in [0.2, 0.25) is 5.95 Å². The molecule has 1 fully saturated rings. The van der Waals surface area contributed by atoms with Gasteiger partial charge in [-0.1, -0.05) is 43.3 Å². The van der Waals surface area contributed by atoms with Crippen LogP contribution in [0.15, 0.2) is 61.3 Å². The van der Waals surface area contributed by atoms with Crippen molar-refractivity contribution in [1.29, 1.82) is 0 Å². The Kier molecular flexibility index (Phi) is 6.51. The molecule has 0 amide bonds. The Morgan fingerprint density at radius 1 is 1.23 bits per heavy atom. The van der Waals surface area contributed by atoms with Crippen LogP contribution in [0.5, 0.6) is 0 Å². The number of allylic oxidation sites excluding steroid dienone is 1. The molecule has 35 heavy (non-hydrogen) atoms. The van der Waals surface area contributed by atoms with Crippen molar-refractivity contribution >= 4 is 45.7 Å². The summed E-state index contributed by atoms with van der Waals surface area (Å²) in [6.07, 6.45) is 5.68. The fourth-order valence-electron chi connectivity index (χ4n) is 4.42. The van der Waals surface area contributed by atoms with Gasteiger partial charge in [0.1, 0.15) is 0 Å². The van der Waals surface area contributed by atoms with Crippen molar-refractivity contribution in [2.45, 2.75) is 26.2 Å². The van der Waals surface area contributed by atoms with Crippen LogP contribution in [0.2, 0.25) is 5.02 Å². The molecular formula is C27H27ClN6O. The summed E-state index contributed by atoms with van der Waals surface area (Å²) in [5.74, 6) is 1.17. The quantitative estimate of drug-likeness (QED) is 0.314. The number of ketones is 1. The van der Waals surface area contributed by atoms with E-state index in [1.165, 1.54) is 6.08 Å². The Balaban J connectivity index is 1.47. The number of aromatic amines is 1. The fourth-order valence-corrected chi connectivity index (χ4v) is 4.66. The van der Waals surface area contributed by atoms with Crippen LogP contribution in [-0.4, -0.2) is 39.0 Å². The Labute approximate surface area is 209 Å². The number of piperidine rings is 1. The summed E-state index contributed by atoms with van der Waals surface area (Å²) in [5.41, 5.74) is 5.03. The molecule has 0 spiro atoms. The van der Waals surface area contributed by atoms with E-state index < -0.39 is 0 Å². The minimum Gasteiger partial charge on any atom is -0.370 e. The lowest BCUT2D eigenvalue weighted by Gasteiger charge is -2.33. The highest BCUT2D eigenvalue weighted by atomic mass is 35.5. The van der Waals surface area contributed by atoms with Gasteiger partial charge in [-0.05, 0) is 54.7 Å². The Morgan fingerprint density at radius 2 is 2.06 bits per heavy atom. The molecule has 2 aromatic carbocycles. The fraction of sp³-hybridized carbons (Fsp3) is 0.259. The first kappa shape index (κ1) is 23.1. The summed E-state index contributed by atoms with van der Waals surface area (Å²) in [6, 6.07) is 13.7. The molecular weight excluding hydrogens is 460 g/mol. The number of benzene rings is 2. The molecule has 2 N–H and O–H groups in total. The van der Waals surface area contributed by atoms with Gasteiger partial charge in [-0.15, -0.1) is 0 Å². The molecule has 0 saturated carbocycles. The van der Waals surface area contributed by atoms with Crippen molar-refractivity contribution < 1.29 is 4.79 Å². The maximum Gasteiger partial charge on any atom is 0.229 e. The number of nitrogens with one attached hydrogen (secondary N) is 2. The van der Waals surface area contributed by atoms with Crippen molar-refractivity contribution in [3.8, 4) is 11.3 Å². The number of rotatable bonds is 7. The average molecular weight is 487 g/mol. The monoisotopic (exact) mass is 486 g/mol. The first-order chi connectivity index (χ1) is 17.0. The second-order valence-corrected chi connectivity index (χ2v) is 9.44. The van der Waals surface area contributed by atoms with E-state index in [1.54, 1.807) is 6.20 Å². The highest BCUT2D eigenvalue weighted by Gasteiger charge is 2.19. The number of aromatic nitrogens is 4. The highest BCUT2D eigenvalue weighted by Crippen LogP contribution is 2.33. The van der Waals surface area contributed by atoms with Gasteiger partial charge in [0.05, 0.1) is 28.0 Å². The summed E-state index contributed by atoms with van der Waals surface area (Å²) in [4.78, 5) is 23.6. The van der Waals surface area contributed by atoms with E-state index in [0.29, 0.717) is 18.0 Å². The number of H-pyrrole nitrogens is 1. The zero-order valence-electron chi connectivity index (χ0n) is 19.6. The smallest absolute Gasteiger partial charge is 0.229 e. The molecule has 1 aliphatic heterocycles. The summed E-state index contributed by atoms with van der Waals surface area (Å²) in [5, 5.41) is 12.0. The zero-order valence-corrected chi connectivity index (χ0v) is 20.3. The lowest BCUT2D eigenvalue weighted by Crippen LogP contribution is -2.32. The lowest BCUT2D eigenvalue weighted by molar-refractivity contribution is -0.114. The van der Waals surface area contributed by atoms with E-state index in [-0.39, 0.29) is 5.78 Å². The third-order valence-electron chi connectivity index (χ3n) is 6.44. The van der Waals surface area contributed by atoms with E-state index >= 15 is 0 Å². The molecule has 0 unspecified atom stereocenters. The maximum absolute atomic E-state index is 11.9. The van der Waals surface area contributed by atoms with Crippen molar-refractivity contribution in [2.75, 3.05) is 23.3 Å². The molecule has 3 heterocycles. The van der Waals surface area contributed by atoms with Gasteiger partial charge in [-0.3, -0.25) is 9.89 Å². The van der Waals surface area contributed by atoms with Gasteiger partial charge in [0, 0.05) is 30.8 Å². The summed E-state index contributed by atoms with van der Waals surface area (Å²) in [7, 11) is 0. The molecule has 0 aliphatic carbocycles. The van der Waals surface area contributed by atoms with E-state index in [1.807, 2.05) is 36.4 Å². The number of hydrogen-bond donors (Lipinski definition) is 2. The number of hydrogen-bond acceptors (Lipinski definition) is 6. The molecule has 1 saturated heterocycles. The third-order valence-corrected chi connectivity index (χ3v) is 6.76. The summed E-state index contributed by atoms with van der Waals surface area (Å²) < 4.78 is 0. The van der Waals surface area contributed by atoms with Gasteiger partial charge in [-0.25, -0.2) is 4.98 Å². The molecule has 0 atom stereocenters. The van der Waals surface area contributed by atoms with Gasteiger partial charge < -0.3 is 10.2 Å². The van der Waals surface area contributed by atoms with Crippen LogP contribution in [0, 0.1) is 5.92 Å². The standard InChI is InChI=1S/C27H27ClN6O/c1-3-21(35)14-18-5-4-6-19(13-18)25-22-16-29-33-26(22)32-27(31-25)30-20-7-8-23(28)24(15-20)34-11-9-17(2)10-12-34/h3-8,13,15-17H,1,9-12,14H2,2H3,(H2,29,30,31,32,33). The largest absolute Gasteiger partial charge is 0.370 e. The van der Waals surface area contributed by atoms with Gasteiger partial charge in [0.25, 0.3) is 0 Å². The molecule has 2 aromatic heterocycles. The van der Waals surface area contributed by atoms with Crippen LogP contribution in [0.1, 0.15) is 25.3 Å². The first-order valence-corrected chi connectivity index (χ1v) is 12.1. The molecule has 0 radical (unpaired) electrons. The van der Waals surface area contributed by atoms with Gasteiger partial charge in [0.15, 0.2) is 11.4 Å². The van der Waals surface area contributed by atoms with Crippen molar-refractivity contribution in [1.82, 2.24) is 20.2 Å². The van der Waals surface area contributed by atoms with Gasteiger partial charge in [-0.2, -0.15) is 10.1 Å². The highest BCUT2D eigenvalue weighted by molar-refractivity contribution is 6.33. The second-order valence-electron chi connectivity index (χ2n) is 9.04. The van der Waals surface area contributed by atoms with Gasteiger partial charge >= 0.3 is 0 Å². The van der Waals surface area contributed by atoms with Crippen LogP contribution in [-0.2, 0) is 11.2 Å². The second kappa shape index (κ2) is 9.88. The first-order valence-electron chi connectivity index (χ1n) is 11.8. The lowest BCUT2D eigenvalue weighted by atomic mass is 9.99. The van der Waals surface area contributed by atoms with Crippen LogP contribution in [0.4, 0.5) is 17.3 Å². The molecule has 0 bridgehead atoms. The summed E-state index contributed by atoms with van der Waals surface area (Å²) in [6.45, 7) is 7.85. The van der Waals surface area contributed by atoms with E-state index in [9.17, 15) is 4.79 Å². The predicted octanol–water partition coefficient (Wildman–Crippen LogP) is 5.95. The summed E-state index contributed by atoms with van der Waals surface area (Å²) >= 11 is 6.55. The number of fused-ring (bicyclic) bond motifs is 1. The predicted molar refractivity (Wildman–Crippen MR) is 141 cm³/mol. The van der Waals surface area contributed by atoms with Crippen molar-refractivity contribution in [3.05, 3.63) is 71.9 Å². The molecule has 4 aromatic rings. The molecule has 7 nitrogen and oxygen atoms in total. The molecule has 178 valence electrons. The van der Waals surface area contributed by atoms with E-state index in [2.05, 4.69) is 45.0 Å². The van der Waals surface area contributed by atoms with Crippen molar-refractivity contribution in [3.63, 3.8) is 0 Å². The SMILES string of the molecule is C=CC(=O)Cc1cccc(-c2nc(Nc3ccc(Cl)c(N4CCC(C)CC4)c3)nc3[nH]ncc23)c1. The Hall–Kier alpha value is -3.71. The number of anilines is 3. The maximum atomic E-state index is 11.9. The van der Waals surface area contributed by atoms with Crippen LogP contribution < -0.4 is 10.2 Å². The molecule has 5 rings (SSSR count). The van der Waals surface area contributed by atoms with Crippen LogP contribution in [0.25, 0.3) is 22.3 Å². The molecule has 1 aliphatic rings. The number of halogens is 1. The molecule has 8 heteroatoms. The van der Waals surface area contributed by atoms with Crippen LogP contribution in [0.3, 0.4) is 0 Å². The number of carbonyl (C=O) groups excluding carboxylic acids is 1. The Morgan fingerprint density at radius 3 is 2.86 bits per heavy atom. The van der Waals surface area contributed by atoms with E-state index in [0.717, 1.165) is 70.5 Å². The average Bonchev–Trinajstić information content (AvgIpc) is 3.34. The number of carbonyl (C=O) groups is 1. The van der Waals surface area contributed by atoms with Crippen LogP contribution >= 0.6 is 11.6 Å². The minimum absolute atomic E-state index is 0.0256. The Bertz CT molecular complexity index is 1390. The normalized spacial score (nSPS) is 14.3. The third kappa shape index (κ3) is 5.05. The van der Waals surface area contributed by atoms with Crippen molar-refractivity contribution in [2.24, 2.45) is 5.92 Å². The minimum atomic E-state index is -0.0256. The zero-order chi connectivity index (χ0) is 24.4.